The first-order valence-electron chi connectivity index (χ1n) is 6.46. The van der Waals surface area contributed by atoms with Gasteiger partial charge in [0, 0.05) is 18.1 Å². The summed E-state index contributed by atoms with van der Waals surface area (Å²) >= 11 is 5.83. The van der Waals surface area contributed by atoms with Gasteiger partial charge in [0.15, 0.2) is 0 Å². The molecule has 1 atom stereocenters. The fraction of sp³-hybridized carbons (Fsp3) is 0.250. The lowest BCUT2D eigenvalue weighted by Gasteiger charge is -2.13. The van der Waals surface area contributed by atoms with Gasteiger partial charge in [-0.3, -0.25) is 0 Å². The molecule has 0 heterocycles. The number of methoxy groups -OCH3 is 1. The van der Waals surface area contributed by atoms with Crippen molar-refractivity contribution >= 4 is 11.6 Å². The van der Waals surface area contributed by atoms with Crippen LogP contribution in [0.2, 0.25) is 5.02 Å². The summed E-state index contributed by atoms with van der Waals surface area (Å²) in [5, 5.41) is 14.1. The largest absolute Gasteiger partial charge is 0.497 e. The van der Waals surface area contributed by atoms with E-state index in [9.17, 15) is 5.11 Å². The van der Waals surface area contributed by atoms with E-state index in [1.165, 1.54) is 0 Å². The molecule has 0 radical (unpaired) electrons. The van der Waals surface area contributed by atoms with Gasteiger partial charge in [-0.1, -0.05) is 35.9 Å². The van der Waals surface area contributed by atoms with Gasteiger partial charge in [0.25, 0.3) is 0 Å². The predicted octanol–water partition coefficient (Wildman–Crippen LogP) is 3.17. The second-order valence-corrected chi connectivity index (χ2v) is 4.99. The molecule has 2 N–H and O–H groups in total. The Morgan fingerprint density at radius 3 is 2.65 bits per heavy atom. The molecule has 0 aromatic heterocycles. The minimum atomic E-state index is -0.558. The molecule has 0 aliphatic carbocycles. The van der Waals surface area contributed by atoms with Crippen molar-refractivity contribution in [3.63, 3.8) is 0 Å². The van der Waals surface area contributed by atoms with Crippen LogP contribution in [-0.4, -0.2) is 18.8 Å². The van der Waals surface area contributed by atoms with Crippen LogP contribution in [0.1, 0.15) is 17.2 Å². The molecular formula is C16H18ClNO2. The average molecular weight is 292 g/mol. The zero-order valence-electron chi connectivity index (χ0n) is 11.3. The highest BCUT2D eigenvalue weighted by Crippen LogP contribution is 2.18. The highest BCUT2D eigenvalue weighted by atomic mass is 35.5. The number of aliphatic hydroxyl groups excluding tert-OH is 1. The van der Waals surface area contributed by atoms with Crippen LogP contribution in [0.15, 0.2) is 48.5 Å². The third-order valence-electron chi connectivity index (χ3n) is 3.06. The number of benzene rings is 2. The molecular weight excluding hydrogens is 274 g/mol. The van der Waals surface area contributed by atoms with Crippen LogP contribution in [0.3, 0.4) is 0 Å². The van der Waals surface area contributed by atoms with Crippen molar-refractivity contribution in [2.75, 3.05) is 13.7 Å². The monoisotopic (exact) mass is 291 g/mol. The molecule has 20 heavy (non-hydrogen) atoms. The number of nitrogens with one attached hydrogen (secondary N) is 1. The average Bonchev–Trinajstić information content (AvgIpc) is 2.49. The Morgan fingerprint density at radius 2 is 1.95 bits per heavy atom. The van der Waals surface area contributed by atoms with Gasteiger partial charge in [-0.2, -0.15) is 0 Å². The molecule has 0 aliphatic heterocycles. The van der Waals surface area contributed by atoms with Crippen molar-refractivity contribution in [2.45, 2.75) is 12.6 Å². The molecule has 2 aromatic carbocycles. The Balaban J connectivity index is 1.85. The van der Waals surface area contributed by atoms with E-state index in [0.29, 0.717) is 13.1 Å². The predicted molar refractivity (Wildman–Crippen MR) is 81.1 cm³/mol. The quantitative estimate of drug-likeness (QED) is 0.859. The van der Waals surface area contributed by atoms with Gasteiger partial charge in [0.1, 0.15) is 5.75 Å². The molecule has 4 heteroatoms. The van der Waals surface area contributed by atoms with E-state index >= 15 is 0 Å². The van der Waals surface area contributed by atoms with Crippen molar-refractivity contribution in [2.24, 2.45) is 0 Å². The van der Waals surface area contributed by atoms with Crippen molar-refractivity contribution in [1.82, 2.24) is 5.32 Å². The first-order chi connectivity index (χ1) is 9.69. The van der Waals surface area contributed by atoms with Crippen LogP contribution >= 0.6 is 11.6 Å². The second-order valence-electron chi connectivity index (χ2n) is 4.55. The second kappa shape index (κ2) is 7.29. The van der Waals surface area contributed by atoms with E-state index in [0.717, 1.165) is 21.9 Å². The van der Waals surface area contributed by atoms with Crippen molar-refractivity contribution < 1.29 is 9.84 Å². The number of rotatable bonds is 6. The molecule has 0 bridgehead atoms. The topological polar surface area (TPSA) is 41.5 Å². The summed E-state index contributed by atoms with van der Waals surface area (Å²) in [5.41, 5.74) is 1.97. The summed E-state index contributed by atoms with van der Waals surface area (Å²) in [6, 6.07) is 15.1. The van der Waals surface area contributed by atoms with Crippen LogP contribution in [0.5, 0.6) is 5.75 Å². The molecule has 0 spiro atoms. The van der Waals surface area contributed by atoms with Crippen LogP contribution in [-0.2, 0) is 6.54 Å². The van der Waals surface area contributed by atoms with E-state index in [2.05, 4.69) is 5.32 Å². The fourth-order valence-corrected chi connectivity index (χ4v) is 2.05. The highest BCUT2D eigenvalue weighted by molar-refractivity contribution is 6.30. The van der Waals surface area contributed by atoms with Crippen molar-refractivity contribution in [3.8, 4) is 5.75 Å². The maximum atomic E-state index is 10.1. The van der Waals surface area contributed by atoms with Gasteiger partial charge in [-0.15, -0.1) is 0 Å². The van der Waals surface area contributed by atoms with E-state index in [4.69, 9.17) is 16.3 Å². The molecule has 1 unspecified atom stereocenters. The Kier molecular flexibility index (Phi) is 5.41. The fourth-order valence-electron chi connectivity index (χ4n) is 1.92. The molecule has 0 saturated carbocycles. The SMILES string of the molecule is COc1cccc(C(O)CNCc2ccc(Cl)cc2)c1. The minimum Gasteiger partial charge on any atom is -0.497 e. The summed E-state index contributed by atoms with van der Waals surface area (Å²) in [6.07, 6.45) is -0.558. The summed E-state index contributed by atoms with van der Waals surface area (Å²) in [4.78, 5) is 0. The molecule has 0 fully saturated rings. The Labute approximate surface area is 124 Å². The Bertz CT molecular complexity index is 542. The van der Waals surface area contributed by atoms with E-state index in [1.807, 2.05) is 48.5 Å². The van der Waals surface area contributed by atoms with Crippen LogP contribution < -0.4 is 10.1 Å². The first kappa shape index (κ1) is 14.9. The smallest absolute Gasteiger partial charge is 0.119 e. The normalized spacial score (nSPS) is 12.2. The van der Waals surface area contributed by atoms with E-state index in [-0.39, 0.29) is 0 Å². The molecule has 2 rings (SSSR count). The maximum Gasteiger partial charge on any atom is 0.119 e. The lowest BCUT2D eigenvalue weighted by atomic mass is 10.1. The Hall–Kier alpha value is -1.55. The summed E-state index contributed by atoms with van der Waals surface area (Å²) < 4.78 is 5.15. The minimum absolute atomic E-state index is 0.482. The lowest BCUT2D eigenvalue weighted by molar-refractivity contribution is 0.174. The van der Waals surface area contributed by atoms with Gasteiger partial charge in [0.05, 0.1) is 13.2 Å². The molecule has 0 aliphatic rings. The zero-order chi connectivity index (χ0) is 14.4. The third kappa shape index (κ3) is 4.23. The van der Waals surface area contributed by atoms with Crippen LogP contribution in [0.25, 0.3) is 0 Å². The number of ether oxygens (including phenoxy) is 1. The molecule has 0 amide bonds. The van der Waals surface area contributed by atoms with E-state index in [1.54, 1.807) is 7.11 Å². The van der Waals surface area contributed by atoms with Gasteiger partial charge in [-0.25, -0.2) is 0 Å². The molecule has 3 nitrogen and oxygen atoms in total. The zero-order valence-corrected chi connectivity index (χ0v) is 12.1. The van der Waals surface area contributed by atoms with Gasteiger partial charge >= 0.3 is 0 Å². The van der Waals surface area contributed by atoms with Crippen LogP contribution in [0.4, 0.5) is 0 Å². The maximum absolute atomic E-state index is 10.1. The number of hydrogen-bond donors (Lipinski definition) is 2. The Morgan fingerprint density at radius 1 is 1.20 bits per heavy atom. The highest BCUT2D eigenvalue weighted by Gasteiger charge is 2.07. The van der Waals surface area contributed by atoms with Gasteiger partial charge in [-0.05, 0) is 35.4 Å². The number of aliphatic hydroxyl groups is 1. The first-order valence-corrected chi connectivity index (χ1v) is 6.84. The van der Waals surface area contributed by atoms with Crippen molar-refractivity contribution in [3.05, 3.63) is 64.7 Å². The number of hydrogen-bond acceptors (Lipinski definition) is 3. The number of halogens is 1. The summed E-state index contributed by atoms with van der Waals surface area (Å²) in [6.45, 7) is 1.17. The van der Waals surface area contributed by atoms with Crippen molar-refractivity contribution in [1.29, 1.82) is 0 Å². The summed E-state index contributed by atoms with van der Waals surface area (Å²) in [5.74, 6) is 0.749. The molecule has 106 valence electrons. The molecule has 2 aromatic rings. The third-order valence-corrected chi connectivity index (χ3v) is 3.31. The van der Waals surface area contributed by atoms with E-state index < -0.39 is 6.10 Å². The van der Waals surface area contributed by atoms with Crippen LogP contribution in [0, 0.1) is 0 Å². The molecule has 0 saturated heterocycles. The standard InChI is InChI=1S/C16H18ClNO2/c1-20-15-4-2-3-13(9-15)16(19)11-18-10-12-5-7-14(17)8-6-12/h2-9,16,18-19H,10-11H2,1H3. The summed E-state index contributed by atoms with van der Waals surface area (Å²) in [7, 11) is 1.62. The van der Waals surface area contributed by atoms with Gasteiger partial charge in [0.2, 0.25) is 0 Å². The lowest BCUT2D eigenvalue weighted by Crippen LogP contribution is -2.21. The van der Waals surface area contributed by atoms with Gasteiger partial charge < -0.3 is 15.2 Å².